The number of hydrogen-bond acceptors (Lipinski definition) is 5. The van der Waals surface area contributed by atoms with Crippen molar-refractivity contribution in [3.63, 3.8) is 0 Å². The predicted octanol–water partition coefficient (Wildman–Crippen LogP) is 0.852. The van der Waals surface area contributed by atoms with Gasteiger partial charge in [-0.25, -0.2) is 17.9 Å². The van der Waals surface area contributed by atoms with Crippen LogP contribution in [0.4, 0.5) is 0 Å². The second kappa shape index (κ2) is 6.24. The van der Waals surface area contributed by atoms with Gasteiger partial charge in [-0.15, -0.1) is 0 Å². The first-order chi connectivity index (χ1) is 10.3. The fraction of sp³-hybridized carbons (Fsp3) is 0.308. The number of aromatic nitrogens is 3. The molecule has 0 unspecified atom stereocenters. The molecule has 0 spiro atoms. The normalized spacial score (nSPS) is 11.5. The Balaban J connectivity index is 2.19. The van der Waals surface area contributed by atoms with Gasteiger partial charge in [0.25, 0.3) is 0 Å². The van der Waals surface area contributed by atoms with Crippen molar-refractivity contribution in [1.82, 2.24) is 19.9 Å². The number of pyridine rings is 1. The zero-order chi connectivity index (χ0) is 16.3. The van der Waals surface area contributed by atoms with Crippen LogP contribution in [0.2, 0.25) is 0 Å². The molecule has 118 valence electrons. The minimum atomic E-state index is -3.69. The number of aromatic amines is 1. The van der Waals surface area contributed by atoms with Crippen LogP contribution in [0.3, 0.4) is 0 Å². The number of H-pyrrole nitrogens is 1. The molecular formula is C13H16N4O4S. The fourth-order valence-electron chi connectivity index (χ4n) is 1.97. The van der Waals surface area contributed by atoms with Gasteiger partial charge in [0.2, 0.25) is 10.0 Å². The molecule has 2 aromatic rings. The van der Waals surface area contributed by atoms with Gasteiger partial charge in [-0.05, 0) is 25.5 Å². The van der Waals surface area contributed by atoms with Crippen LogP contribution in [0.15, 0.2) is 23.2 Å². The summed E-state index contributed by atoms with van der Waals surface area (Å²) >= 11 is 0. The van der Waals surface area contributed by atoms with Gasteiger partial charge in [-0.1, -0.05) is 6.92 Å². The maximum Gasteiger partial charge on any atom is 0.337 e. The van der Waals surface area contributed by atoms with E-state index >= 15 is 0 Å². The van der Waals surface area contributed by atoms with E-state index in [1.54, 1.807) is 13.8 Å². The van der Waals surface area contributed by atoms with E-state index in [-0.39, 0.29) is 17.0 Å². The maximum atomic E-state index is 12.1. The number of aromatic carboxylic acids is 1. The molecule has 0 aromatic carbocycles. The average Bonchev–Trinajstić information content (AvgIpc) is 2.91. The molecule has 0 saturated heterocycles. The molecule has 0 aliphatic rings. The van der Waals surface area contributed by atoms with Gasteiger partial charge in [-0.2, -0.15) is 5.10 Å². The van der Waals surface area contributed by atoms with Crippen molar-refractivity contribution in [3.05, 3.63) is 41.0 Å². The standard InChI is InChI=1S/C13H16N4O4S/c1-3-11-10(13(18)19)5-4-9(16-11)6-15-22(20,21)12-7-14-17-8(12)2/h4-5,7,15H,3,6H2,1-2H3,(H,14,17)(H,18,19). The highest BCUT2D eigenvalue weighted by Crippen LogP contribution is 2.13. The lowest BCUT2D eigenvalue weighted by Gasteiger charge is -2.08. The lowest BCUT2D eigenvalue weighted by Crippen LogP contribution is -2.24. The first kappa shape index (κ1) is 16.1. The van der Waals surface area contributed by atoms with E-state index in [0.717, 1.165) is 0 Å². The van der Waals surface area contributed by atoms with Gasteiger partial charge in [0, 0.05) is 0 Å². The molecule has 0 aliphatic carbocycles. The molecule has 0 radical (unpaired) electrons. The first-order valence-electron chi connectivity index (χ1n) is 6.57. The Bertz CT molecular complexity index is 798. The molecule has 9 heteroatoms. The summed E-state index contributed by atoms with van der Waals surface area (Å²) in [7, 11) is -3.69. The largest absolute Gasteiger partial charge is 0.478 e. The highest BCUT2D eigenvalue weighted by Gasteiger charge is 2.19. The smallest absolute Gasteiger partial charge is 0.337 e. The van der Waals surface area contributed by atoms with E-state index in [4.69, 9.17) is 5.11 Å². The molecule has 3 N–H and O–H groups in total. The minimum absolute atomic E-state index is 0.0279. The van der Waals surface area contributed by atoms with Crippen LogP contribution < -0.4 is 4.72 Å². The first-order valence-corrected chi connectivity index (χ1v) is 8.05. The number of nitrogens with zero attached hydrogens (tertiary/aromatic N) is 2. The Labute approximate surface area is 127 Å². The van der Waals surface area contributed by atoms with E-state index in [1.807, 2.05) is 0 Å². The van der Waals surface area contributed by atoms with Gasteiger partial charge in [0.1, 0.15) is 4.90 Å². The molecule has 0 saturated carbocycles. The van der Waals surface area contributed by atoms with Gasteiger partial charge < -0.3 is 5.11 Å². The monoisotopic (exact) mass is 324 g/mol. The van der Waals surface area contributed by atoms with E-state index in [0.29, 0.717) is 23.5 Å². The average molecular weight is 324 g/mol. The molecule has 2 heterocycles. The summed E-state index contributed by atoms with van der Waals surface area (Å²) in [6.07, 6.45) is 1.68. The van der Waals surface area contributed by atoms with E-state index in [1.165, 1.54) is 18.3 Å². The van der Waals surface area contributed by atoms with Gasteiger partial charge in [0.15, 0.2) is 0 Å². The molecule has 8 nitrogen and oxygen atoms in total. The van der Waals surface area contributed by atoms with Crippen molar-refractivity contribution in [2.75, 3.05) is 0 Å². The maximum absolute atomic E-state index is 12.1. The van der Waals surface area contributed by atoms with Crippen LogP contribution in [0.5, 0.6) is 0 Å². The highest BCUT2D eigenvalue weighted by atomic mass is 32.2. The van der Waals surface area contributed by atoms with Crippen molar-refractivity contribution < 1.29 is 18.3 Å². The fourth-order valence-corrected chi connectivity index (χ4v) is 3.10. The topological polar surface area (TPSA) is 125 Å². The van der Waals surface area contributed by atoms with Gasteiger partial charge in [-0.3, -0.25) is 10.1 Å². The summed E-state index contributed by atoms with van der Waals surface area (Å²) in [6.45, 7) is 3.37. The number of rotatable bonds is 6. The highest BCUT2D eigenvalue weighted by molar-refractivity contribution is 7.89. The van der Waals surface area contributed by atoms with Crippen LogP contribution in [0.1, 0.15) is 34.4 Å². The molecule has 0 bridgehead atoms. The zero-order valence-electron chi connectivity index (χ0n) is 12.1. The summed E-state index contributed by atoms with van der Waals surface area (Å²) in [5.74, 6) is -1.05. The second-order valence-electron chi connectivity index (χ2n) is 4.64. The molecule has 0 atom stereocenters. The summed E-state index contributed by atoms with van der Waals surface area (Å²) in [5, 5.41) is 15.3. The Morgan fingerprint density at radius 3 is 2.68 bits per heavy atom. The van der Waals surface area contributed by atoms with Crippen LogP contribution in [-0.2, 0) is 23.0 Å². The van der Waals surface area contributed by atoms with Crippen molar-refractivity contribution in [2.24, 2.45) is 0 Å². The number of aryl methyl sites for hydroxylation is 2. The third-order valence-electron chi connectivity index (χ3n) is 3.11. The quantitative estimate of drug-likeness (QED) is 0.723. The number of carboxylic acid groups (broad SMARTS) is 1. The second-order valence-corrected chi connectivity index (χ2v) is 6.37. The van der Waals surface area contributed by atoms with Crippen molar-refractivity contribution in [1.29, 1.82) is 0 Å². The number of carboxylic acids is 1. The van der Waals surface area contributed by atoms with Crippen LogP contribution >= 0.6 is 0 Å². The third kappa shape index (κ3) is 3.31. The Kier molecular flexibility index (Phi) is 4.57. The molecule has 2 rings (SSSR count). The van der Waals surface area contributed by atoms with Crippen LogP contribution in [-0.4, -0.2) is 34.7 Å². The van der Waals surface area contributed by atoms with Gasteiger partial charge >= 0.3 is 5.97 Å². The van der Waals surface area contributed by atoms with Crippen molar-refractivity contribution >= 4 is 16.0 Å². The number of sulfonamides is 1. The lowest BCUT2D eigenvalue weighted by atomic mass is 10.1. The van der Waals surface area contributed by atoms with E-state index in [9.17, 15) is 13.2 Å². The Morgan fingerprint density at radius 2 is 2.14 bits per heavy atom. The number of hydrogen-bond donors (Lipinski definition) is 3. The number of nitrogens with one attached hydrogen (secondary N) is 2. The zero-order valence-corrected chi connectivity index (χ0v) is 12.9. The SMILES string of the molecule is CCc1nc(CNS(=O)(=O)c2cn[nH]c2C)ccc1C(=O)O. The van der Waals surface area contributed by atoms with Crippen molar-refractivity contribution in [3.8, 4) is 0 Å². The molecular weight excluding hydrogens is 308 g/mol. The lowest BCUT2D eigenvalue weighted by molar-refractivity contribution is 0.0695. The Morgan fingerprint density at radius 1 is 1.41 bits per heavy atom. The molecule has 0 amide bonds. The predicted molar refractivity (Wildman–Crippen MR) is 77.9 cm³/mol. The van der Waals surface area contributed by atoms with E-state index < -0.39 is 16.0 Å². The summed E-state index contributed by atoms with van der Waals surface area (Å²) in [4.78, 5) is 15.3. The number of carbonyl (C=O) groups is 1. The Hall–Kier alpha value is -2.26. The molecule has 22 heavy (non-hydrogen) atoms. The summed E-state index contributed by atoms with van der Waals surface area (Å²) < 4.78 is 26.7. The van der Waals surface area contributed by atoms with Crippen LogP contribution in [0.25, 0.3) is 0 Å². The molecule has 0 fully saturated rings. The van der Waals surface area contributed by atoms with E-state index in [2.05, 4.69) is 19.9 Å². The summed E-state index contributed by atoms with van der Waals surface area (Å²) in [5.41, 5.74) is 1.44. The van der Waals surface area contributed by atoms with Crippen LogP contribution in [0, 0.1) is 6.92 Å². The molecule has 2 aromatic heterocycles. The van der Waals surface area contributed by atoms with Crippen molar-refractivity contribution in [2.45, 2.75) is 31.7 Å². The minimum Gasteiger partial charge on any atom is -0.478 e. The third-order valence-corrected chi connectivity index (χ3v) is 4.63. The molecule has 0 aliphatic heterocycles. The van der Waals surface area contributed by atoms with Gasteiger partial charge in [0.05, 0.1) is 35.4 Å². The summed E-state index contributed by atoms with van der Waals surface area (Å²) in [6, 6.07) is 2.92.